The van der Waals surface area contributed by atoms with Crippen molar-refractivity contribution in [2.75, 3.05) is 13.1 Å². The first-order valence-electron chi connectivity index (χ1n) is 7.58. The van der Waals surface area contributed by atoms with Gasteiger partial charge in [-0.25, -0.2) is 4.79 Å². The number of hydrogen-bond donors (Lipinski definition) is 2. The lowest BCUT2D eigenvalue weighted by Crippen LogP contribution is -2.44. The topological polar surface area (TPSA) is 106 Å². The highest BCUT2D eigenvalue weighted by Crippen LogP contribution is 2.25. The van der Waals surface area contributed by atoms with Crippen LogP contribution in [-0.4, -0.2) is 50.3 Å². The number of halogens is 3. The maximum Gasteiger partial charge on any atom is 0.490 e. The molecule has 1 saturated heterocycles. The molecule has 0 spiro atoms. The van der Waals surface area contributed by atoms with Gasteiger partial charge in [-0.1, -0.05) is 5.21 Å². The molecule has 1 fully saturated rings. The minimum Gasteiger partial charge on any atom is -0.475 e. The summed E-state index contributed by atoms with van der Waals surface area (Å²) in [5, 5.41) is 19.7. The van der Waals surface area contributed by atoms with Crippen LogP contribution in [0.2, 0.25) is 0 Å². The standard InChI is InChI=1S/C13H13N5O.C2HF3O2/c1-3-15-13(10-2-4-19-12(1)10)11-8-18(17-16-11)7-9-5-14-6-9;3-2(4,5)1(6)7/h1-4,8-9,14H,5-7H2;(H,6,7). The number of alkyl halides is 3. The van der Waals surface area contributed by atoms with Crippen LogP contribution in [0, 0.1) is 5.92 Å². The summed E-state index contributed by atoms with van der Waals surface area (Å²) in [5.74, 6) is -2.10. The van der Waals surface area contributed by atoms with E-state index in [1.807, 2.05) is 23.0 Å². The summed E-state index contributed by atoms with van der Waals surface area (Å²) in [6, 6.07) is 3.76. The van der Waals surface area contributed by atoms with Crippen LogP contribution in [0.5, 0.6) is 0 Å². The molecule has 1 aliphatic rings. The van der Waals surface area contributed by atoms with Crippen LogP contribution in [0.1, 0.15) is 0 Å². The van der Waals surface area contributed by atoms with Gasteiger partial charge in [0, 0.05) is 37.1 Å². The number of furan rings is 1. The fourth-order valence-corrected chi connectivity index (χ4v) is 2.34. The summed E-state index contributed by atoms with van der Waals surface area (Å²) in [4.78, 5) is 13.3. The van der Waals surface area contributed by atoms with Crippen LogP contribution in [0.4, 0.5) is 13.2 Å². The van der Waals surface area contributed by atoms with E-state index in [4.69, 9.17) is 14.3 Å². The molecule has 2 N–H and O–H groups in total. The van der Waals surface area contributed by atoms with Gasteiger partial charge in [0.05, 0.1) is 12.5 Å². The molecular weight excluding hydrogens is 355 g/mol. The number of aromatic nitrogens is 4. The molecule has 0 saturated carbocycles. The average molecular weight is 369 g/mol. The summed E-state index contributed by atoms with van der Waals surface area (Å²) in [5.41, 5.74) is 2.44. The Morgan fingerprint density at radius 3 is 2.73 bits per heavy atom. The zero-order valence-electron chi connectivity index (χ0n) is 13.3. The number of nitrogens with zero attached hydrogens (tertiary/aromatic N) is 4. The predicted molar refractivity (Wildman–Crippen MR) is 83.1 cm³/mol. The van der Waals surface area contributed by atoms with Crippen molar-refractivity contribution in [1.82, 2.24) is 25.3 Å². The first kappa shape index (κ1) is 17.9. The molecule has 4 heterocycles. The summed E-state index contributed by atoms with van der Waals surface area (Å²) in [6.45, 7) is 3.02. The molecule has 4 rings (SSSR count). The van der Waals surface area contributed by atoms with Gasteiger partial charge in [0.25, 0.3) is 0 Å². The number of pyridine rings is 1. The zero-order chi connectivity index (χ0) is 18.7. The van der Waals surface area contributed by atoms with Crippen molar-refractivity contribution in [3.05, 3.63) is 30.8 Å². The Balaban J connectivity index is 0.000000242. The molecule has 0 aromatic carbocycles. The second kappa shape index (κ2) is 7.12. The maximum absolute atomic E-state index is 10.6. The van der Waals surface area contributed by atoms with Crippen molar-refractivity contribution < 1.29 is 27.5 Å². The monoisotopic (exact) mass is 369 g/mol. The van der Waals surface area contributed by atoms with E-state index in [1.165, 1.54) is 0 Å². The van der Waals surface area contributed by atoms with Crippen LogP contribution >= 0.6 is 0 Å². The first-order chi connectivity index (χ1) is 12.3. The summed E-state index contributed by atoms with van der Waals surface area (Å²) >= 11 is 0. The Morgan fingerprint density at radius 1 is 1.38 bits per heavy atom. The van der Waals surface area contributed by atoms with E-state index in [0.717, 1.165) is 42.0 Å². The third-order valence-corrected chi connectivity index (χ3v) is 3.71. The molecule has 8 nitrogen and oxygen atoms in total. The van der Waals surface area contributed by atoms with Crippen molar-refractivity contribution >= 4 is 16.9 Å². The van der Waals surface area contributed by atoms with E-state index < -0.39 is 12.1 Å². The van der Waals surface area contributed by atoms with E-state index in [0.29, 0.717) is 5.92 Å². The van der Waals surface area contributed by atoms with Crippen molar-refractivity contribution in [2.24, 2.45) is 5.92 Å². The molecule has 0 bridgehead atoms. The third-order valence-electron chi connectivity index (χ3n) is 3.71. The molecule has 138 valence electrons. The maximum atomic E-state index is 10.6. The lowest BCUT2D eigenvalue weighted by molar-refractivity contribution is -0.192. The summed E-state index contributed by atoms with van der Waals surface area (Å²) in [7, 11) is 0. The quantitative estimate of drug-likeness (QED) is 0.727. The van der Waals surface area contributed by atoms with Gasteiger partial charge in [-0.2, -0.15) is 13.2 Å². The number of rotatable bonds is 3. The van der Waals surface area contributed by atoms with Gasteiger partial charge < -0.3 is 14.8 Å². The van der Waals surface area contributed by atoms with Crippen molar-refractivity contribution in [3.8, 4) is 11.4 Å². The number of carboxylic acid groups (broad SMARTS) is 1. The Bertz CT molecular complexity index is 901. The minimum absolute atomic E-state index is 0.659. The fourth-order valence-electron chi connectivity index (χ4n) is 2.34. The third kappa shape index (κ3) is 3.99. The molecule has 3 aromatic heterocycles. The molecule has 0 radical (unpaired) electrons. The highest BCUT2D eigenvalue weighted by molar-refractivity contribution is 5.90. The first-order valence-corrected chi connectivity index (χ1v) is 7.58. The van der Waals surface area contributed by atoms with Crippen LogP contribution in [0.15, 0.2) is 35.2 Å². The second-order valence-electron chi connectivity index (χ2n) is 5.64. The van der Waals surface area contributed by atoms with Gasteiger partial charge in [-0.15, -0.1) is 5.10 Å². The van der Waals surface area contributed by atoms with Gasteiger partial charge in [0.1, 0.15) is 17.0 Å². The smallest absolute Gasteiger partial charge is 0.475 e. The Hall–Kier alpha value is -2.95. The highest BCUT2D eigenvalue weighted by atomic mass is 19.4. The van der Waals surface area contributed by atoms with E-state index in [9.17, 15) is 13.2 Å². The molecule has 26 heavy (non-hydrogen) atoms. The van der Waals surface area contributed by atoms with Gasteiger partial charge in [0.15, 0.2) is 0 Å². The number of fused-ring (bicyclic) bond motifs is 1. The minimum atomic E-state index is -5.08. The number of carboxylic acids is 1. The predicted octanol–water partition coefficient (Wildman–Crippen LogP) is 1.94. The van der Waals surface area contributed by atoms with Crippen molar-refractivity contribution in [3.63, 3.8) is 0 Å². The fraction of sp³-hybridized carbons (Fsp3) is 0.333. The molecule has 0 amide bonds. The Morgan fingerprint density at radius 2 is 2.12 bits per heavy atom. The van der Waals surface area contributed by atoms with Gasteiger partial charge in [-0.05, 0) is 12.1 Å². The summed E-state index contributed by atoms with van der Waals surface area (Å²) < 4.78 is 39.0. The molecule has 1 aliphatic heterocycles. The van der Waals surface area contributed by atoms with Crippen LogP contribution in [0.25, 0.3) is 22.4 Å². The SMILES string of the molecule is O=C(O)C(F)(F)F.c1cc2occc2c(-c2cn(CC3CNC3)nn2)n1. The Kier molecular flexibility index (Phi) is 4.89. The molecule has 11 heteroatoms. The van der Waals surface area contributed by atoms with Crippen LogP contribution < -0.4 is 5.32 Å². The largest absolute Gasteiger partial charge is 0.490 e. The van der Waals surface area contributed by atoms with Gasteiger partial charge in [-0.3, -0.25) is 9.67 Å². The van der Waals surface area contributed by atoms with Crippen molar-refractivity contribution in [1.29, 1.82) is 0 Å². The molecule has 0 aliphatic carbocycles. The highest BCUT2D eigenvalue weighted by Gasteiger charge is 2.38. The normalized spacial score (nSPS) is 14.6. The van der Waals surface area contributed by atoms with E-state index in [-0.39, 0.29) is 0 Å². The zero-order valence-corrected chi connectivity index (χ0v) is 13.3. The van der Waals surface area contributed by atoms with Crippen LogP contribution in [0.3, 0.4) is 0 Å². The molecule has 3 aromatic rings. The lowest BCUT2D eigenvalue weighted by atomic mass is 10.0. The number of hydrogen-bond acceptors (Lipinski definition) is 6. The van der Waals surface area contributed by atoms with E-state index in [1.54, 1.807) is 12.5 Å². The van der Waals surface area contributed by atoms with Gasteiger partial charge in [0.2, 0.25) is 0 Å². The van der Waals surface area contributed by atoms with E-state index in [2.05, 4.69) is 20.6 Å². The number of aliphatic carboxylic acids is 1. The number of carbonyl (C=O) groups is 1. The molecule has 0 unspecified atom stereocenters. The molecule has 0 atom stereocenters. The van der Waals surface area contributed by atoms with Crippen molar-refractivity contribution in [2.45, 2.75) is 12.7 Å². The summed E-state index contributed by atoms with van der Waals surface area (Å²) in [6.07, 6.45) is 0.267. The Labute approximate surface area is 144 Å². The molecular formula is C15H14F3N5O3. The van der Waals surface area contributed by atoms with Crippen LogP contribution in [-0.2, 0) is 11.3 Å². The van der Waals surface area contributed by atoms with E-state index >= 15 is 0 Å². The van der Waals surface area contributed by atoms with Gasteiger partial charge >= 0.3 is 12.1 Å². The lowest BCUT2D eigenvalue weighted by Gasteiger charge is -2.26. The number of nitrogens with one attached hydrogen (secondary N) is 1. The second-order valence-corrected chi connectivity index (χ2v) is 5.64. The average Bonchev–Trinajstić information content (AvgIpc) is 3.19.